The van der Waals surface area contributed by atoms with E-state index in [-0.39, 0.29) is 23.5 Å². The molecule has 0 bridgehead atoms. The Kier molecular flexibility index (Phi) is 6.55. The van der Waals surface area contributed by atoms with Crippen molar-refractivity contribution in [2.45, 2.75) is 19.9 Å². The van der Waals surface area contributed by atoms with Gasteiger partial charge in [0.15, 0.2) is 11.6 Å². The van der Waals surface area contributed by atoms with Crippen LogP contribution in [0.2, 0.25) is 0 Å². The van der Waals surface area contributed by atoms with Crippen molar-refractivity contribution in [2.75, 3.05) is 18.5 Å². The van der Waals surface area contributed by atoms with E-state index in [1.54, 1.807) is 6.92 Å². The summed E-state index contributed by atoms with van der Waals surface area (Å²) in [5.74, 6) is 3.54. The van der Waals surface area contributed by atoms with Crippen molar-refractivity contribution in [1.29, 1.82) is 0 Å². The van der Waals surface area contributed by atoms with Crippen molar-refractivity contribution in [2.24, 2.45) is 11.8 Å². The molecule has 0 saturated carbocycles. The SMILES string of the molecule is CC1C(=O)C(CN2CNc3ccccc3C2)C(=O)C(C(=O)Cl)=C1C#CCc1ccccc1. The number of halogens is 1. The first kappa shape index (κ1) is 22.0. The van der Waals surface area contributed by atoms with Crippen molar-refractivity contribution in [3.05, 3.63) is 76.9 Å². The smallest absolute Gasteiger partial charge is 0.256 e. The zero-order chi connectivity index (χ0) is 22.7. The molecule has 162 valence electrons. The molecule has 2 aromatic carbocycles. The molecule has 0 saturated heterocycles. The van der Waals surface area contributed by atoms with Crippen molar-refractivity contribution < 1.29 is 14.4 Å². The molecule has 1 heterocycles. The molecule has 0 aromatic heterocycles. The van der Waals surface area contributed by atoms with Crippen LogP contribution in [0.25, 0.3) is 0 Å². The number of rotatable bonds is 4. The minimum atomic E-state index is -0.936. The number of carbonyl (C=O) groups excluding carboxylic acids is 3. The Bertz CT molecular complexity index is 1160. The van der Waals surface area contributed by atoms with Gasteiger partial charge < -0.3 is 5.32 Å². The lowest BCUT2D eigenvalue weighted by molar-refractivity contribution is -0.134. The number of ketones is 2. The number of hydrogen-bond donors (Lipinski definition) is 1. The Hall–Kier alpha value is -3.20. The highest BCUT2D eigenvalue weighted by Gasteiger charge is 2.43. The topological polar surface area (TPSA) is 66.5 Å². The number of Topliss-reactive ketones (excluding diaryl/α,β-unsaturated/α-hetero) is 2. The third-order valence-electron chi connectivity index (χ3n) is 5.94. The van der Waals surface area contributed by atoms with Crippen molar-refractivity contribution in [3.63, 3.8) is 0 Å². The number of carbonyl (C=O) groups is 3. The summed E-state index contributed by atoms with van der Waals surface area (Å²) in [6.07, 6.45) is 0.450. The van der Waals surface area contributed by atoms with E-state index in [1.807, 2.05) is 59.5 Å². The summed E-state index contributed by atoms with van der Waals surface area (Å²) in [6.45, 7) is 3.05. The number of para-hydroxylation sites is 1. The number of allylic oxidation sites excluding steroid dienone is 2. The zero-order valence-corrected chi connectivity index (χ0v) is 18.5. The van der Waals surface area contributed by atoms with Crippen molar-refractivity contribution >= 4 is 34.1 Å². The first-order chi connectivity index (χ1) is 15.5. The summed E-state index contributed by atoms with van der Waals surface area (Å²) < 4.78 is 0. The molecule has 6 heteroatoms. The first-order valence-electron chi connectivity index (χ1n) is 10.5. The molecule has 0 amide bonds. The largest absolute Gasteiger partial charge is 0.372 e. The van der Waals surface area contributed by atoms with Crippen LogP contribution in [0.15, 0.2) is 65.7 Å². The van der Waals surface area contributed by atoms with E-state index >= 15 is 0 Å². The lowest BCUT2D eigenvalue weighted by atomic mass is 9.75. The molecule has 5 nitrogen and oxygen atoms in total. The molecule has 4 rings (SSSR count). The number of anilines is 1. The molecule has 0 spiro atoms. The Balaban J connectivity index is 1.57. The van der Waals surface area contributed by atoms with Crippen LogP contribution in [-0.2, 0) is 27.3 Å². The Morgan fingerprint density at radius 3 is 2.59 bits per heavy atom. The third kappa shape index (κ3) is 4.52. The van der Waals surface area contributed by atoms with E-state index in [1.165, 1.54) is 0 Å². The zero-order valence-electron chi connectivity index (χ0n) is 17.7. The maximum atomic E-state index is 13.2. The van der Waals surface area contributed by atoms with E-state index in [0.717, 1.165) is 16.8 Å². The van der Waals surface area contributed by atoms with Gasteiger partial charge in [-0.1, -0.05) is 67.3 Å². The van der Waals surface area contributed by atoms with Gasteiger partial charge in [0.05, 0.1) is 18.2 Å². The number of hydrogen-bond acceptors (Lipinski definition) is 5. The summed E-state index contributed by atoms with van der Waals surface area (Å²) in [4.78, 5) is 40.5. The standard InChI is InChI=1S/C26H23ClN2O3/c1-17-20(12-7-10-18-8-3-2-4-9-18)23(26(27)32)25(31)21(24(17)30)15-29-14-19-11-5-6-13-22(19)28-16-29/h2-6,8-9,11,13,17,21,28H,10,14-16H2,1H3. The predicted molar refractivity (Wildman–Crippen MR) is 124 cm³/mol. The maximum absolute atomic E-state index is 13.2. The lowest BCUT2D eigenvalue weighted by Crippen LogP contribution is -2.46. The van der Waals surface area contributed by atoms with Gasteiger partial charge in [-0.05, 0) is 28.8 Å². The molecule has 1 aliphatic heterocycles. The van der Waals surface area contributed by atoms with Crippen molar-refractivity contribution in [3.8, 4) is 11.8 Å². The Labute approximate surface area is 192 Å². The Morgan fingerprint density at radius 2 is 1.84 bits per heavy atom. The number of nitrogens with one attached hydrogen (secondary N) is 1. The Morgan fingerprint density at radius 1 is 1.12 bits per heavy atom. The molecule has 2 atom stereocenters. The van der Waals surface area contributed by atoms with Gasteiger partial charge in [0, 0.05) is 36.7 Å². The monoisotopic (exact) mass is 446 g/mol. The summed E-state index contributed by atoms with van der Waals surface area (Å²) in [6, 6.07) is 17.6. The normalized spacial score (nSPS) is 20.8. The second-order valence-electron chi connectivity index (χ2n) is 8.07. The minimum Gasteiger partial charge on any atom is -0.372 e. The van der Waals surface area contributed by atoms with Crippen LogP contribution in [-0.4, -0.2) is 34.9 Å². The number of benzene rings is 2. The molecular formula is C26H23ClN2O3. The summed E-state index contributed by atoms with van der Waals surface area (Å²) in [5, 5.41) is 2.45. The van der Waals surface area contributed by atoms with Crippen LogP contribution in [0, 0.1) is 23.7 Å². The van der Waals surface area contributed by atoms with Gasteiger partial charge >= 0.3 is 0 Å². The maximum Gasteiger partial charge on any atom is 0.256 e. The first-order valence-corrected chi connectivity index (χ1v) is 10.9. The molecule has 0 radical (unpaired) electrons. The predicted octanol–water partition coefficient (Wildman–Crippen LogP) is 3.58. The highest BCUT2D eigenvalue weighted by Crippen LogP contribution is 2.32. The fourth-order valence-electron chi connectivity index (χ4n) is 4.19. The van der Waals surface area contributed by atoms with Gasteiger partial charge in [0.2, 0.25) is 0 Å². The minimum absolute atomic E-state index is 0.144. The van der Waals surface area contributed by atoms with E-state index in [0.29, 0.717) is 19.6 Å². The molecule has 2 aliphatic rings. The van der Waals surface area contributed by atoms with Gasteiger partial charge in [-0.3, -0.25) is 19.3 Å². The number of fused-ring (bicyclic) bond motifs is 1. The van der Waals surface area contributed by atoms with Crippen LogP contribution in [0.4, 0.5) is 5.69 Å². The molecule has 0 fully saturated rings. The second-order valence-corrected chi connectivity index (χ2v) is 8.41. The average Bonchev–Trinajstić information content (AvgIpc) is 2.80. The van der Waals surface area contributed by atoms with Gasteiger partial charge in [-0.2, -0.15) is 0 Å². The second kappa shape index (κ2) is 9.52. The van der Waals surface area contributed by atoms with E-state index in [2.05, 4.69) is 17.2 Å². The highest BCUT2D eigenvalue weighted by molar-refractivity contribution is 6.71. The van der Waals surface area contributed by atoms with Crippen LogP contribution in [0.3, 0.4) is 0 Å². The average molecular weight is 447 g/mol. The third-order valence-corrected chi connectivity index (χ3v) is 6.12. The van der Waals surface area contributed by atoms with Crippen LogP contribution < -0.4 is 5.32 Å². The summed E-state index contributed by atoms with van der Waals surface area (Å²) in [7, 11) is 0. The van der Waals surface area contributed by atoms with Gasteiger partial charge in [0.1, 0.15) is 0 Å². The number of nitrogens with zero attached hydrogens (tertiary/aromatic N) is 1. The molecule has 2 unspecified atom stereocenters. The molecule has 1 aliphatic carbocycles. The summed E-state index contributed by atoms with van der Waals surface area (Å²) >= 11 is 5.81. The van der Waals surface area contributed by atoms with Gasteiger partial charge in [-0.15, -0.1) is 0 Å². The van der Waals surface area contributed by atoms with Crippen molar-refractivity contribution in [1.82, 2.24) is 4.90 Å². The molecule has 2 aromatic rings. The van der Waals surface area contributed by atoms with E-state index in [4.69, 9.17) is 11.6 Å². The lowest BCUT2D eigenvalue weighted by Gasteiger charge is -2.34. The summed E-state index contributed by atoms with van der Waals surface area (Å²) in [5.41, 5.74) is 3.24. The fourth-order valence-corrected chi connectivity index (χ4v) is 4.39. The van der Waals surface area contributed by atoms with E-state index in [9.17, 15) is 14.4 Å². The van der Waals surface area contributed by atoms with Gasteiger partial charge in [-0.25, -0.2) is 0 Å². The molecule has 32 heavy (non-hydrogen) atoms. The fraction of sp³-hybridized carbons (Fsp3) is 0.269. The van der Waals surface area contributed by atoms with Crippen LogP contribution >= 0.6 is 11.6 Å². The molecular weight excluding hydrogens is 424 g/mol. The van der Waals surface area contributed by atoms with Crippen LogP contribution in [0.1, 0.15) is 18.1 Å². The van der Waals surface area contributed by atoms with Crippen LogP contribution in [0.5, 0.6) is 0 Å². The highest BCUT2D eigenvalue weighted by atomic mass is 35.5. The quantitative estimate of drug-likeness (QED) is 0.336. The van der Waals surface area contributed by atoms with E-state index < -0.39 is 22.9 Å². The molecule has 1 N–H and O–H groups in total. The van der Waals surface area contributed by atoms with Gasteiger partial charge in [0.25, 0.3) is 5.24 Å².